The monoisotopic (exact) mass is 402 g/mol. The zero-order chi connectivity index (χ0) is 20.8. The third-order valence-electron chi connectivity index (χ3n) is 5.61. The number of nitrogens with zero attached hydrogens (tertiary/aromatic N) is 2. The van der Waals surface area contributed by atoms with Crippen molar-refractivity contribution in [3.63, 3.8) is 0 Å². The summed E-state index contributed by atoms with van der Waals surface area (Å²) in [5.41, 5.74) is 7.09. The molecule has 0 unspecified atom stereocenters. The minimum absolute atomic E-state index is 0.0857. The van der Waals surface area contributed by atoms with Crippen molar-refractivity contribution in [1.29, 1.82) is 0 Å². The van der Waals surface area contributed by atoms with E-state index in [2.05, 4.69) is 25.8 Å². The summed E-state index contributed by atoms with van der Waals surface area (Å²) in [7, 11) is 1.78. The number of rotatable bonds is 0. The van der Waals surface area contributed by atoms with E-state index in [9.17, 15) is 9.59 Å². The largest absolute Gasteiger partial charge is 0.358 e. The number of hydrogen-bond acceptors (Lipinski definition) is 4. The third kappa shape index (κ3) is 3.02. The zero-order valence-electron chi connectivity index (χ0n) is 16.8. The Labute approximate surface area is 173 Å². The molecule has 0 saturated heterocycles. The summed E-state index contributed by atoms with van der Waals surface area (Å²) in [5.74, 6) is -0.267. The van der Waals surface area contributed by atoms with E-state index >= 15 is 0 Å². The van der Waals surface area contributed by atoms with Crippen LogP contribution in [0.1, 0.15) is 33.0 Å². The number of anilines is 1. The van der Waals surface area contributed by atoms with Crippen molar-refractivity contribution in [2.24, 2.45) is 0 Å². The molecule has 2 aromatic heterocycles. The van der Waals surface area contributed by atoms with Gasteiger partial charge in [-0.1, -0.05) is 6.07 Å². The first-order valence-corrected chi connectivity index (χ1v) is 9.87. The number of likely N-dealkylation sites (N-methyl/N-ethyl adjacent to an activating group) is 1. The van der Waals surface area contributed by atoms with Crippen molar-refractivity contribution in [3.8, 4) is 11.1 Å². The van der Waals surface area contributed by atoms with Crippen molar-refractivity contribution in [2.75, 3.05) is 25.5 Å². The lowest BCUT2D eigenvalue weighted by Gasteiger charge is -2.17. The number of carbonyl (C=O) groups is 2. The molecule has 2 aliphatic rings. The number of fused-ring (bicyclic) bond motifs is 4. The fourth-order valence-electron chi connectivity index (χ4n) is 4.01. The number of aromatic nitrogens is 3. The summed E-state index contributed by atoms with van der Waals surface area (Å²) in [5, 5.41) is 13.5. The van der Waals surface area contributed by atoms with Crippen LogP contribution in [0.15, 0.2) is 30.5 Å². The normalized spacial score (nSPS) is 18.1. The van der Waals surface area contributed by atoms with Gasteiger partial charge in [-0.2, -0.15) is 5.10 Å². The molecule has 8 nitrogen and oxygen atoms in total. The molecule has 8 heteroatoms. The molecule has 3 aromatic rings. The summed E-state index contributed by atoms with van der Waals surface area (Å²) < 4.78 is 0. The molecule has 2 amide bonds. The second kappa shape index (κ2) is 7.00. The number of amides is 2. The van der Waals surface area contributed by atoms with Gasteiger partial charge in [0.2, 0.25) is 0 Å². The van der Waals surface area contributed by atoms with Crippen LogP contribution >= 0.6 is 0 Å². The van der Waals surface area contributed by atoms with Gasteiger partial charge in [-0.15, -0.1) is 0 Å². The average Bonchev–Trinajstić information content (AvgIpc) is 3.41. The highest BCUT2D eigenvalue weighted by Crippen LogP contribution is 2.37. The lowest BCUT2D eigenvalue weighted by molar-refractivity contribution is -0.110. The molecule has 0 fully saturated rings. The minimum atomic E-state index is -0.181. The molecular formula is C22H22N6O2. The standard InChI is InChI=1S/C22H22N6O2/c1-12-7-16-19(25-12)9-15-14-8-13(3-4-18(14)26-21(15)29)17-10-24-27-20(17)11-23-5-6-28(2)22(16)30/h3-4,7-10,23,25H,5-6,11H2,1-2H3,(H,24,27)(H,26,29)/b15-9-. The van der Waals surface area contributed by atoms with Gasteiger partial charge in [-0.05, 0) is 36.8 Å². The molecule has 152 valence electrons. The van der Waals surface area contributed by atoms with Crippen LogP contribution in [0, 0.1) is 6.92 Å². The number of H-pyrrole nitrogens is 2. The van der Waals surface area contributed by atoms with Gasteiger partial charge in [-0.3, -0.25) is 14.7 Å². The molecule has 5 rings (SSSR count). The first-order chi connectivity index (χ1) is 14.5. The fraction of sp³-hybridized carbons (Fsp3) is 0.227. The topological polar surface area (TPSA) is 106 Å². The van der Waals surface area contributed by atoms with Crippen LogP contribution in [0.3, 0.4) is 0 Å². The number of aryl methyl sites for hydroxylation is 1. The molecule has 2 aliphatic heterocycles. The maximum Gasteiger partial charge on any atom is 0.256 e. The van der Waals surface area contributed by atoms with E-state index in [1.165, 1.54) is 0 Å². The van der Waals surface area contributed by atoms with Crippen molar-refractivity contribution >= 4 is 29.2 Å². The van der Waals surface area contributed by atoms with Gasteiger partial charge < -0.3 is 20.5 Å². The summed E-state index contributed by atoms with van der Waals surface area (Å²) in [6.07, 6.45) is 3.57. The van der Waals surface area contributed by atoms with E-state index < -0.39 is 0 Å². The number of benzene rings is 1. The van der Waals surface area contributed by atoms with Crippen molar-refractivity contribution in [1.82, 2.24) is 25.4 Å². The van der Waals surface area contributed by atoms with Gasteiger partial charge in [0.15, 0.2) is 0 Å². The van der Waals surface area contributed by atoms with Crippen LogP contribution in [-0.4, -0.2) is 52.0 Å². The summed E-state index contributed by atoms with van der Waals surface area (Å²) in [6.45, 7) is 3.71. The molecule has 4 heterocycles. The number of aromatic amines is 2. The molecule has 0 saturated carbocycles. The smallest absolute Gasteiger partial charge is 0.256 e. The Morgan fingerprint density at radius 3 is 2.83 bits per heavy atom. The Hall–Kier alpha value is -3.65. The van der Waals surface area contributed by atoms with E-state index in [-0.39, 0.29) is 11.8 Å². The molecule has 2 bridgehead atoms. The van der Waals surface area contributed by atoms with Crippen molar-refractivity contribution in [3.05, 3.63) is 58.7 Å². The summed E-state index contributed by atoms with van der Waals surface area (Å²) in [4.78, 5) is 30.7. The molecule has 0 aliphatic carbocycles. The maximum absolute atomic E-state index is 13.0. The van der Waals surface area contributed by atoms with Crippen LogP contribution < -0.4 is 10.6 Å². The number of nitrogens with one attached hydrogen (secondary N) is 4. The van der Waals surface area contributed by atoms with Gasteiger partial charge in [0.25, 0.3) is 11.8 Å². The average molecular weight is 402 g/mol. The first kappa shape index (κ1) is 18.4. The first-order valence-electron chi connectivity index (χ1n) is 9.87. The molecular weight excluding hydrogens is 380 g/mol. The van der Waals surface area contributed by atoms with Gasteiger partial charge in [-0.25, -0.2) is 0 Å². The Bertz CT molecular complexity index is 1200. The van der Waals surface area contributed by atoms with Gasteiger partial charge in [0.1, 0.15) is 0 Å². The van der Waals surface area contributed by atoms with E-state index in [4.69, 9.17) is 0 Å². The SMILES string of the molecule is Cc1cc2c([nH]1)/C=C1\C(=O)Nc3ccc(cc31)-c1cn[nH]c1CNCCN(C)C2=O. The molecule has 0 spiro atoms. The molecule has 4 N–H and O–H groups in total. The second-order valence-corrected chi connectivity index (χ2v) is 7.72. The van der Waals surface area contributed by atoms with E-state index in [0.717, 1.165) is 33.8 Å². The predicted octanol–water partition coefficient (Wildman–Crippen LogP) is 2.38. The quantitative estimate of drug-likeness (QED) is 0.463. The lowest BCUT2D eigenvalue weighted by Crippen LogP contribution is -2.34. The highest BCUT2D eigenvalue weighted by Gasteiger charge is 2.27. The van der Waals surface area contributed by atoms with E-state index in [1.807, 2.05) is 31.2 Å². The van der Waals surface area contributed by atoms with E-state index in [1.54, 1.807) is 24.2 Å². The highest BCUT2D eigenvalue weighted by molar-refractivity contribution is 6.35. The molecule has 0 atom stereocenters. The van der Waals surface area contributed by atoms with Crippen LogP contribution in [-0.2, 0) is 11.3 Å². The third-order valence-corrected chi connectivity index (χ3v) is 5.61. The van der Waals surface area contributed by atoms with Gasteiger partial charge >= 0.3 is 0 Å². The molecule has 0 radical (unpaired) electrons. The summed E-state index contributed by atoms with van der Waals surface area (Å²) in [6, 6.07) is 7.72. The Morgan fingerprint density at radius 2 is 1.97 bits per heavy atom. The Balaban J connectivity index is 1.70. The van der Waals surface area contributed by atoms with Gasteiger partial charge in [0, 0.05) is 49.2 Å². The predicted molar refractivity (Wildman–Crippen MR) is 115 cm³/mol. The molecule has 1 aromatic carbocycles. The van der Waals surface area contributed by atoms with Crippen LogP contribution in [0.2, 0.25) is 0 Å². The summed E-state index contributed by atoms with van der Waals surface area (Å²) >= 11 is 0. The van der Waals surface area contributed by atoms with Crippen molar-refractivity contribution in [2.45, 2.75) is 13.5 Å². The fourth-order valence-corrected chi connectivity index (χ4v) is 4.01. The van der Waals surface area contributed by atoms with Crippen LogP contribution in [0.25, 0.3) is 22.8 Å². The van der Waals surface area contributed by atoms with E-state index in [0.29, 0.717) is 36.5 Å². The minimum Gasteiger partial charge on any atom is -0.358 e. The molecule has 30 heavy (non-hydrogen) atoms. The highest BCUT2D eigenvalue weighted by atomic mass is 16.2. The number of hydrogen-bond donors (Lipinski definition) is 4. The van der Waals surface area contributed by atoms with Crippen LogP contribution in [0.5, 0.6) is 0 Å². The maximum atomic E-state index is 13.0. The Morgan fingerprint density at radius 1 is 1.10 bits per heavy atom. The van der Waals surface area contributed by atoms with Crippen LogP contribution in [0.4, 0.5) is 5.69 Å². The second-order valence-electron chi connectivity index (χ2n) is 7.72. The Kier molecular flexibility index (Phi) is 4.29. The number of carbonyl (C=O) groups excluding carboxylic acids is 2. The zero-order valence-corrected chi connectivity index (χ0v) is 16.8. The van der Waals surface area contributed by atoms with Gasteiger partial charge in [0.05, 0.1) is 28.7 Å². The lowest BCUT2D eigenvalue weighted by atomic mass is 9.98. The van der Waals surface area contributed by atoms with Crippen molar-refractivity contribution < 1.29 is 9.59 Å².